The topological polar surface area (TPSA) is 38.7 Å². The smallest absolute Gasteiger partial charge is 0.164 e. The number of hydrogen-bond acceptors (Lipinski definition) is 4. The normalized spacial score (nSPS) is 11.6. The summed E-state index contributed by atoms with van der Waals surface area (Å²) in [5.41, 5.74) is 7.46. The van der Waals surface area contributed by atoms with Gasteiger partial charge in [0.1, 0.15) is 0 Å². The quantitative estimate of drug-likeness (QED) is 0.131. The van der Waals surface area contributed by atoms with Gasteiger partial charge in [0, 0.05) is 36.9 Å². The van der Waals surface area contributed by atoms with Gasteiger partial charge in [-0.15, -0.1) is 11.3 Å². The first-order valence-corrected chi connectivity index (χ1v) is 19.3. The van der Waals surface area contributed by atoms with Crippen LogP contribution in [-0.4, -0.2) is 15.0 Å². The molecule has 55 heavy (non-hydrogen) atoms. The van der Waals surface area contributed by atoms with E-state index >= 15 is 0 Å². The van der Waals surface area contributed by atoms with Crippen molar-refractivity contribution in [2.45, 2.75) is 0 Å². The fraction of sp³-hybridized carbons (Fsp3) is 0. The minimum Gasteiger partial charge on any atom is -0.208 e. The molecule has 0 bridgehead atoms. The Kier molecular flexibility index (Phi) is 7.35. The first-order valence-electron chi connectivity index (χ1n) is 18.5. The van der Waals surface area contributed by atoms with Crippen molar-refractivity contribution in [2.24, 2.45) is 0 Å². The minimum atomic E-state index is 0.638. The van der Waals surface area contributed by atoms with Crippen LogP contribution in [0.1, 0.15) is 0 Å². The average molecular weight is 718 g/mol. The lowest BCUT2D eigenvalue weighted by Gasteiger charge is -2.15. The molecule has 11 aromatic rings. The fourth-order valence-electron chi connectivity index (χ4n) is 8.08. The molecule has 0 N–H and O–H groups in total. The van der Waals surface area contributed by atoms with E-state index in [9.17, 15) is 0 Å². The Labute approximate surface area is 321 Å². The van der Waals surface area contributed by atoms with Gasteiger partial charge in [-0.2, -0.15) is 0 Å². The highest BCUT2D eigenvalue weighted by Crippen LogP contribution is 2.41. The van der Waals surface area contributed by atoms with E-state index in [0.29, 0.717) is 17.5 Å². The predicted molar refractivity (Wildman–Crippen MR) is 232 cm³/mol. The van der Waals surface area contributed by atoms with E-state index in [4.69, 9.17) is 15.0 Å². The largest absolute Gasteiger partial charge is 0.208 e. The highest BCUT2D eigenvalue weighted by atomic mass is 32.1. The summed E-state index contributed by atoms with van der Waals surface area (Å²) in [6, 6.07) is 66.9. The average Bonchev–Trinajstić information content (AvgIpc) is 3.64. The van der Waals surface area contributed by atoms with Gasteiger partial charge in [0.2, 0.25) is 0 Å². The second-order valence-corrected chi connectivity index (χ2v) is 15.0. The number of rotatable bonds is 5. The highest BCUT2D eigenvalue weighted by molar-refractivity contribution is 7.25. The Bertz CT molecular complexity index is 3260. The summed E-state index contributed by atoms with van der Waals surface area (Å²) in [6.45, 7) is 0. The predicted octanol–water partition coefficient (Wildman–Crippen LogP) is 14.0. The molecule has 0 unspecified atom stereocenters. The number of hydrogen-bond donors (Lipinski definition) is 0. The molecule has 2 heterocycles. The van der Waals surface area contributed by atoms with Gasteiger partial charge in [0.25, 0.3) is 0 Å². The second-order valence-electron chi connectivity index (χ2n) is 14.0. The van der Waals surface area contributed by atoms with Gasteiger partial charge >= 0.3 is 0 Å². The van der Waals surface area contributed by atoms with Gasteiger partial charge in [-0.05, 0) is 72.8 Å². The molecule has 0 fully saturated rings. The molecule has 2 aromatic heterocycles. The van der Waals surface area contributed by atoms with E-state index in [1.54, 1.807) is 0 Å². The highest BCUT2D eigenvalue weighted by Gasteiger charge is 2.18. The van der Waals surface area contributed by atoms with Gasteiger partial charge in [-0.1, -0.05) is 170 Å². The molecule has 11 rings (SSSR count). The molecular weight excluding hydrogens is 687 g/mol. The standard InChI is InChI=1S/C51H31N3S/c1-2-13-34(14-3-1)49-52-50(54-51(53-49)44-20-9-8-17-39(44)37-27-28-42-41-19-10-11-21-46(41)55-47(42)31-37)35-24-22-33(23-25-35)48-40-18-7-5-15-36(40)30-45-38-16-6-4-12-32(38)26-29-43(45)48/h1-31H. The van der Waals surface area contributed by atoms with Gasteiger partial charge in [-0.3, -0.25) is 0 Å². The van der Waals surface area contributed by atoms with Crippen LogP contribution >= 0.6 is 11.3 Å². The first kappa shape index (κ1) is 31.5. The Morgan fingerprint density at radius 2 is 0.855 bits per heavy atom. The number of fused-ring (bicyclic) bond motifs is 7. The number of benzene rings is 9. The lowest BCUT2D eigenvalue weighted by Crippen LogP contribution is -2.01. The zero-order valence-electron chi connectivity index (χ0n) is 29.6. The minimum absolute atomic E-state index is 0.638. The Hall–Kier alpha value is -7.01. The van der Waals surface area contributed by atoms with E-state index in [1.807, 2.05) is 29.5 Å². The van der Waals surface area contributed by atoms with Gasteiger partial charge in [0.05, 0.1) is 0 Å². The van der Waals surface area contributed by atoms with Crippen LogP contribution in [0, 0.1) is 0 Å². The monoisotopic (exact) mass is 717 g/mol. The maximum Gasteiger partial charge on any atom is 0.164 e. The van der Waals surface area contributed by atoms with E-state index in [0.717, 1.165) is 33.4 Å². The van der Waals surface area contributed by atoms with Crippen LogP contribution < -0.4 is 0 Å². The van der Waals surface area contributed by atoms with Crippen LogP contribution in [-0.2, 0) is 0 Å². The summed E-state index contributed by atoms with van der Waals surface area (Å²) in [5, 5.41) is 10.0. The van der Waals surface area contributed by atoms with Crippen molar-refractivity contribution in [1.29, 1.82) is 0 Å². The van der Waals surface area contributed by atoms with Crippen molar-refractivity contribution in [3.05, 3.63) is 188 Å². The van der Waals surface area contributed by atoms with Crippen LogP contribution in [0.5, 0.6) is 0 Å². The maximum atomic E-state index is 5.20. The van der Waals surface area contributed by atoms with Crippen molar-refractivity contribution in [1.82, 2.24) is 15.0 Å². The SMILES string of the molecule is c1ccc(-c2nc(-c3ccc(-c4c5ccccc5cc5c4ccc4ccccc45)cc3)nc(-c3ccccc3-c3ccc4c(c3)sc3ccccc34)n2)cc1. The molecule has 0 radical (unpaired) electrons. The molecule has 0 spiro atoms. The van der Waals surface area contributed by atoms with Crippen LogP contribution in [0.3, 0.4) is 0 Å². The summed E-state index contributed by atoms with van der Waals surface area (Å²) in [7, 11) is 0. The van der Waals surface area contributed by atoms with Gasteiger partial charge in [-0.25, -0.2) is 15.0 Å². The zero-order chi connectivity index (χ0) is 36.3. The lowest BCUT2D eigenvalue weighted by molar-refractivity contribution is 1.07. The van der Waals surface area contributed by atoms with Gasteiger partial charge < -0.3 is 0 Å². The van der Waals surface area contributed by atoms with Crippen LogP contribution in [0.2, 0.25) is 0 Å². The molecule has 0 saturated heterocycles. The van der Waals surface area contributed by atoms with Crippen molar-refractivity contribution in [2.75, 3.05) is 0 Å². The molecule has 0 saturated carbocycles. The van der Waals surface area contributed by atoms with Crippen molar-refractivity contribution in [3.8, 4) is 56.4 Å². The Morgan fingerprint density at radius 3 is 1.67 bits per heavy atom. The summed E-state index contributed by atoms with van der Waals surface area (Å²) in [6.07, 6.45) is 0. The molecule has 3 nitrogen and oxygen atoms in total. The lowest BCUT2D eigenvalue weighted by atomic mass is 9.89. The fourth-order valence-corrected chi connectivity index (χ4v) is 9.23. The third-order valence-electron chi connectivity index (χ3n) is 10.7. The molecular formula is C51H31N3S. The molecule has 0 aliphatic heterocycles. The summed E-state index contributed by atoms with van der Waals surface area (Å²) in [5.74, 6) is 1.93. The molecule has 256 valence electrons. The van der Waals surface area contributed by atoms with Crippen molar-refractivity contribution in [3.63, 3.8) is 0 Å². The number of nitrogens with zero attached hydrogens (tertiary/aromatic N) is 3. The van der Waals surface area contributed by atoms with E-state index in [2.05, 4.69) is 170 Å². The number of aromatic nitrogens is 3. The third-order valence-corrected chi connectivity index (χ3v) is 11.9. The van der Waals surface area contributed by atoms with Gasteiger partial charge in [0.15, 0.2) is 17.5 Å². The molecule has 4 heteroatoms. The first-order chi connectivity index (χ1) is 27.2. The third kappa shape index (κ3) is 5.38. The van der Waals surface area contributed by atoms with E-state index in [-0.39, 0.29) is 0 Å². The zero-order valence-corrected chi connectivity index (χ0v) is 30.5. The summed E-state index contributed by atoms with van der Waals surface area (Å²) >= 11 is 1.83. The molecule has 0 aliphatic carbocycles. The molecule has 0 aliphatic rings. The number of thiophene rings is 1. The summed E-state index contributed by atoms with van der Waals surface area (Å²) in [4.78, 5) is 15.4. The van der Waals surface area contributed by atoms with E-state index in [1.165, 1.54) is 58.1 Å². The molecule has 0 amide bonds. The summed E-state index contributed by atoms with van der Waals surface area (Å²) < 4.78 is 2.56. The van der Waals surface area contributed by atoms with Crippen LogP contribution in [0.4, 0.5) is 0 Å². The van der Waals surface area contributed by atoms with Crippen molar-refractivity contribution >= 4 is 63.8 Å². The van der Waals surface area contributed by atoms with Crippen molar-refractivity contribution < 1.29 is 0 Å². The Balaban J connectivity index is 1.06. The molecule has 0 atom stereocenters. The molecule has 9 aromatic carbocycles. The maximum absolute atomic E-state index is 5.20. The van der Waals surface area contributed by atoms with E-state index < -0.39 is 0 Å². The van der Waals surface area contributed by atoms with Crippen LogP contribution in [0.25, 0.3) is 109 Å². The van der Waals surface area contributed by atoms with Crippen LogP contribution in [0.15, 0.2) is 188 Å². The second kappa shape index (κ2) is 12.8. The Morgan fingerprint density at radius 1 is 0.291 bits per heavy atom.